The predicted molar refractivity (Wildman–Crippen MR) is 51.8 cm³/mol. The molecule has 0 aliphatic heterocycles. The van der Waals surface area contributed by atoms with Gasteiger partial charge in [0.05, 0.1) is 12.1 Å². The van der Waals surface area contributed by atoms with E-state index >= 15 is 0 Å². The lowest BCUT2D eigenvalue weighted by Gasteiger charge is -1.94. The first-order chi connectivity index (χ1) is 6.75. The van der Waals surface area contributed by atoms with Crippen LogP contribution in [0.15, 0.2) is 18.2 Å². The third-order valence-electron chi connectivity index (χ3n) is 1.64. The van der Waals surface area contributed by atoms with Crippen molar-refractivity contribution in [2.45, 2.75) is 6.92 Å². The van der Waals surface area contributed by atoms with Crippen LogP contribution in [-0.2, 0) is 0 Å². The molecule has 0 saturated heterocycles. The zero-order valence-corrected chi connectivity index (χ0v) is 7.90. The second kappa shape index (κ2) is 5.36. The van der Waals surface area contributed by atoms with Crippen molar-refractivity contribution in [1.82, 2.24) is 5.32 Å². The third kappa shape index (κ3) is 2.82. The van der Waals surface area contributed by atoms with Crippen LogP contribution in [0.2, 0.25) is 0 Å². The Morgan fingerprint density at radius 1 is 1.36 bits per heavy atom. The van der Waals surface area contributed by atoms with Crippen molar-refractivity contribution < 1.29 is 8.78 Å². The van der Waals surface area contributed by atoms with Gasteiger partial charge in [0, 0.05) is 0 Å². The van der Waals surface area contributed by atoms with Gasteiger partial charge in [-0.25, -0.2) is 8.78 Å². The molecule has 1 rings (SSSR count). The van der Waals surface area contributed by atoms with Crippen molar-refractivity contribution in [2.75, 3.05) is 13.1 Å². The fourth-order valence-electron chi connectivity index (χ4n) is 0.927. The van der Waals surface area contributed by atoms with Crippen molar-refractivity contribution in [3.05, 3.63) is 35.4 Å². The van der Waals surface area contributed by atoms with Crippen LogP contribution in [0.4, 0.5) is 8.78 Å². The van der Waals surface area contributed by atoms with Crippen LogP contribution >= 0.6 is 0 Å². The second-order valence-electron chi connectivity index (χ2n) is 2.68. The largest absolute Gasteiger partial charge is 0.306 e. The van der Waals surface area contributed by atoms with E-state index in [0.29, 0.717) is 6.54 Å². The molecule has 0 fully saturated rings. The molecule has 0 aromatic heterocycles. The molecule has 74 valence electrons. The van der Waals surface area contributed by atoms with Crippen molar-refractivity contribution >= 4 is 0 Å². The third-order valence-corrected chi connectivity index (χ3v) is 1.64. The van der Waals surface area contributed by atoms with Crippen molar-refractivity contribution in [2.24, 2.45) is 0 Å². The Morgan fingerprint density at radius 2 is 2.14 bits per heavy atom. The number of rotatable bonds is 2. The van der Waals surface area contributed by atoms with Gasteiger partial charge in [-0.05, 0) is 18.7 Å². The summed E-state index contributed by atoms with van der Waals surface area (Å²) in [4.78, 5) is 0. The lowest BCUT2D eigenvalue weighted by Crippen LogP contribution is -2.11. The van der Waals surface area contributed by atoms with E-state index < -0.39 is 11.6 Å². The highest BCUT2D eigenvalue weighted by atomic mass is 19.2. The Hall–Kier alpha value is -1.40. The van der Waals surface area contributed by atoms with E-state index in [9.17, 15) is 8.78 Å². The van der Waals surface area contributed by atoms with Crippen molar-refractivity contribution in [3.8, 4) is 11.8 Å². The zero-order valence-electron chi connectivity index (χ0n) is 7.90. The molecule has 0 atom stereocenters. The average Bonchev–Trinajstić information content (AvgIpc) is 2.19. The molecule has 0 amide bonds. The average molecular weight is 195 g/mol. The topological polar surface area (TPSA) is 12.0 Å². The molecule has 1 aromatic rings. The monoisotopic (exact) mass is 195 g/mol. The van der Waals surface area contributed by atoms with Gasteiger partial charge >= 0.3 is 0 Å². The molecule has 0 aliphatic rings. The van der Waals surface area contributed by atoms with Crippen LogP contribution < -0.4 is 5.32 Å². The van der Waals surface area contributed by atoms with Gasteiger partial charge in [-0.15, -0.1) is 0 Å². The maximum Gasteiger partial charge on any atom is 0.174 e. The molecule has 3 heteroatoms. The maximum absolute atomic E-state index is 13.0. The molecule has 0 saturated carbocycles. The molecule has 0 radical (unpaired) electrons. The first kappa shape index (κ1) is 10.7. The van der Waals surface area contributed by atoms with E-state index in [1.807, 2.05) is 6.92 Å². The first-order valence-corrected chi connectivity index (χ1v) is 4.39. The minimum Gasteiger partial charge on any atom is -0.306 e. The standard InChI is InChI=1S/C11H11F2N/c1-2-14-8-4-6-9-5-3-7-10(12)11(9)13/h3,5,7,14H,2,8H2,1H3. The molecule has 0 spiro atoms. The van der Waals surface area contributed by atoms with Gasteiger partial charge in [-0.2, -0.15) is 0 Å². The molecule has 1 aromatic carbocycles. The van der Waals surface area contributed by atoms with E-state index in [4.69, 9.17) is 0 Å². The normalized spacial score (nSPS) is 9.36. The zero-order chi connectivity index (χ0) is 10.4. The van der Waals surface area contributed by atoms with Crippen LogP contribution in [0.5, 0.6) is 0 Å². The molecular formula is C11H11F2N. The first-order valence-electron chi connectivity index (χ1n) is 4.39. The summed E-state index contributed by atoms with van der Waals surface area (Å²) in [6, 6.07) is 3.97. The Morgan fingerprint density at radius 3 is 2.86 bits per heavy atom. The minimum atomic E-state index is -0.878. The summed E-state index contributed by atoms with van der Waals surface area (Å²) in [6.45, 7) is 3.23. The molecular weight excluding hydrogens is 184 g/mol. The smallest absolute Gasteiger partial charge is 0.174 e. The number of benzene rings is 1. The highest BCUT2D eigenvalue weighted by Crippen LogP contribution is 2.09. The summed E-state index contributed by atoms with van der Waals surface area (Å²) in [7, 11) is 0. The Bertz CT molecular complexity index is 363. The fourth-order valence-corrected chi connectivity index (χ4v) is 0.927. The lowest BCUT2D eigenvalue weighted by molar-refractivity contribution is 0.506. The van der Waals surface area contributed by atoms with Crippen molar-refractivity contribution in [3.63, 3.8) is 0 Å². The van der Waals surface area contributed by atoms with E-state index in [1.165, 1.54) is 12.1 Å². The van der Waals surface area contributed by atoms with E-state index in [-0.39, 0.29) is 5.56 Å². The SMILES string of the molecule is CCNCC#Cc1cccc(F)c1F. The van der Waals surface area contributed by atoms with Crippen LogP contribution in [0.25, 0.3) is 0 Å². The molecule has 1 nitrogen and oxygen atoms in total. The highest BCUT2D eigenvalue weighted by molar-refractivity contribution is 5.35. The lowest BCUT2D eigenvalue weighted by atomic mass is 10.2. The van der Waals surface area contributed by atoms with Gasteiger partial charge in [-0.1, -0.05) is 24.8 Å². The predicted octanol–water partition coefficient (Wildman–Crippen LogP) is 1.93. The summed E-state index contributed by atoms with van der Waals surface area (Å²) in [6.07, 6.45) is 0. The van der Waals surface area contributed by atoms with Gasteiger partial charge in [0.15, 0.2) is 11.6 Å². The van der Waals surface area contributed by atoms with Gasteiger partial charge in [-0.3, -0.25) is 0 Å². The van der Waals surface area contributed by atoms with Gasteiger partial charge in [0.1, 0.15) is 0 Å². The molecule has 0 heterocycles. The molecule has 14 heavy (non-hydrogen) atoms. The summed E-state index contributed by atoms with van der Waals surface area (Å²) in [5.41, 5.74) is 0.0999. The second-order valence-corrected chi connectivity index (χ2v) is 2.68. The Labute approximate surface area is 82.1 Å². The number of halogens is 2. The number of hydrogen-bond acceptors (Lipinski definition) is 1. The van der Waals surface area contributed by atoms with E-state index in [1.54, 1.807) is 0 Å². The molecule has 0 bridgehead atoms. The van der Waals surface area contributed by atoms with E-state index in [0.717, 1.165) is 12.6 Å². The fraction of sp³-hybridized carbons (Fsp3) is 0.273. The number of hydrogen-bond donors (Lipinski definition) is 1. The summed E-state index contributed by atoms with van der Waals surface area (Å²) in [5.74, 6) is 3.52. The Balaban J connectivity index is 2.74. The van der Waals surface area contributed by atoms with Crippen molar-refractivity contribution in [1.29, 1.82) is 0 Å². The van der Waals surface area contributed by atoms with Crippen LogP contribution in [0, 0.1) is 23.5 Å². The highest BCUT2D eigenvalue weighted by Gasteiger charge is 2.03. The summed E-state index contributed by atoms with van der Waals surface area (Å²) < 4.78 is 25.7. The van der Waals surface area contributed by atoms with Crippen LogP contribution in [0.1, 0.15) is 12.5 Å². The molecule has 0 unspecified atom stereocenters. The van der Waals surface area contributed by atoms with Crippen LogP contribution in [0.3, 0.4) is 0 Å². The summed E-state index contributed by atoms with van der Waals surface area (Å²) >= 11 is 0. The number of nitrogens with one attached hydrogen (secondary N) is 1. The summed E-state index contributed by atoms with van der Waals surface area (Å²) in [5, 5.41) is 2.96. The molecule has 0 aliphatic carbocycles. The maximum atomic E-state index is 13.0. The minimum absolute atomic E-state index is 0.0999. The van der Waals surface area contributed by atoms with Gasteiger partial charge < -0.3 is 5.32 Å². The molecule has 1 N–H and O–H groups in total. The van der Waals surface area contributed by atoms with Gasteiger partial charge in [0.2, 0.25) is 0 Å². The van der Waals surface area contributed by atoms with Crippen LogP contribution in [-0.4, -0.2) is 13.1 Å². The quantitative estimate of drug-likeness (QED) is 0.561. The van der Waals surface area contributed by atoms with E-state index in [2.05, 4.69) is 17.2 Å². The Kier molecular flexibility index (Phi) is 4.09. The van der Waals surface area contributed by atoms with Gasteiger partial charge in [0.25, 0.3) is 0 Å².